The van der Waals surface area contributed by atoms with Gasteiger partial charge in [0.15, 0.2) is 0 Å². The second-order valence-electron chi connectivity index (χ2n) is 3.70. The molecule has 2 nitrogen and oxygen atoms in total. The molecule has 0 saturated heterocycles. The fourth-order valence-electron chi connectivity index (χ4n) is 1.45. The normalized spacial score (nSPS) is 10.3. The van der Waals surface area contributed by atoms with Crippen molar-refractivity contribution in [3.63, 3.8) is 0 Å². The van der Waals surface area contributed by atoms with Crippen molar-refractivity contribution >= 4 is 59.4 Å². The van der Waals surface area contributed by atoms with Crippen molar-refractivity contribution < 1.29 is 9.18 Å². The summed E-state index contributed by atoms with van der Waals surface area (Å²) in [5.74, 6) is -0.644. The van der Waals surface area contributed by atoms with E-state index in [1.807, 2.05) is 6.07 Å². The van der Waals surface area contributed by atoms with Crippen LogP contribution < -0.4 is 5.32 Å². The number of halogens is 4. The molecule has 1 amide bonds. The standard InChI is InChI=1S/C13H7Br3FNO/c14-7-1-3-10(15)9(5-7)13(19)18-12-4-2-8(17)6-11(12)16/h1-6H,(H,18,19). The molecule has 0 aliphatic rings. The monoisotopic (exact) mass is 449 g/mol. The molecule has 0 atom stereocenters. The molecule has 2 rings (SSSR count). The second kappa shape index (κ2) is 6.15. The van der Waals surface area contributed by atoms with Crippen LogP contribution in [0.3, 0.4) is 0 Å². The zero-order valence-corrected chi connectivity index (χ0v) is 14.1. The molecule has 6 heteroatoms. The summed E-state index contributed by atoms with van der Waals surface area (Å²) in [5.41, 5.74) is 1.00. The maximum absolute atomic E-state index is 13.0. The molecule has 0 aliphatic heterocycles. The molecule has 0 bridgehead atoms. The SMILES string of the molecule is O=C(Nc1ccc(F)cc1Br)c1cc(Br)ccc1Br. The molecule has 0 aliphatic carbocycles. The Morgan fingerprint density at radius 3 is 2.42 bits per heavy atom. The molecule has 0 heterocycles. The summed E-state index contributed by atoms with van der Waals surface area (Å²) < 4.78 is 15.0. The highest BCUT2D eigenvalue weighted by atomic mass is 79.9. The van der Waals surface area contributed by atoms with Crippen molar-refractivity contribution in [3.8, 4) is 0 Å². The fourth-order valence-corrected chi connectivity index (χ4v) is 2.69. The zero-order valence-electron chi connectivity index (χ0n) is 9.38. The van der Waals surface area contributed by atoms with Crippen molar-refractivity contribution in [2.24, 2.45) is 0 Å². The van der Waals surface area contributed by atoms with Gasteiger partial charge in [0.2, 0.25) is 0 Å². The van der Waals surface area contributed by atoms with Crippen LogP contribution in [0.2, 0.25) is 0 Å². The smallest absolute Gasteiger partial charge is 0.256 e. The molecule has 0 fully saturated rings. The van der Waals surface area contributed by atoms with Crippen molar-refractivity contribution in [3.05, 3.63) is 61.2 Å². The maximum Gasteiger partial charge on any atom is 0.256 e. The average Bonchev–Trinajstić information content (AvgIpc) is 2.35. The summed E-state index contributed by atoms with van der Waals surface area (Å²) in [4.78, 5) is 12.1. The van der Waals surface area contributed by atoms with Gasteiger partial charge in [-0.15, -0.1) is 0 Å². The lowest BCUT2D eigenvalue weighted by atomic mass is 10.2. The highest BCUT2D eigenvalue weighted by Gasteiger charge is 2.12. The Morgan fingerprint density at radius 1 is 1.00 bits per heavy atom. The van der Waals surface area contributed by atoms with Crippen LogP contribution in [0.1, 0.15) is 10.4 Å². The first-order valence-corrected chi connectivity index (χ1v) is 7.57. The van der Waals surface area contributed by atoms with Crippen LogP contribution in [-0.2, 0) is 0 Å². The number of amides is 1. The second-order valence-corrected chi connectivity index (χ2v) is 6.33. The Morgan fingerprint density at radius 2 is 1.74 bits per heavy atom. The fraction of sp³-hybridized carbons (Fsp3) is 0. The lowest BCUT2D eigenvalue weighted by molar-refractivity contribution is 0.102. The largest absolute Gasteiger partial charge is 0.321 e. The van der Waals surface area contributed by atoms with Gasteiger partial charge in [-0.3, -0.25) is 4.79 Å². The molecule has 0 saturated carbocycles. The van der Waals surface area contributed by atoms with E-state index in [2.05, 4.69) is 53.1 Å². The summed E-state index contributed by atoms with van der Waals surface area (Å²) in [6.07, 6.45) is 0. The van der Waals surface area contributed by atoms with Crippen LogP contribution in [0.4, 0.5) is 10.1 Å². The van der Waals surface area contributed by atoms with E-state index in [1.54, 1.807) is 12.1 Å². The van der Waals surface area contributed by atoms with E-state index >= 15 is 0 Å². The number of benzene rings is 2. The minimum Gasteiger partial charge on any atom is -0.321 e. The number of hydrogen-bond acceptors (Lipinski definition) is 1. The highest BCUT2D eigenvalue weighted by molar-refractivity contribution is 9.11. The molecule has 0 unspecified atom stereocenters. The molecule has 1 N–H and O–H groups in total. The van der Waals surface area contributed by atoms with Crippen LogP contribution in [0.25, 0.3) is 0 Å². The Kier molecular flexibility index (Phi) is 4.76. The van der Waals surface area contributed by atoms with E-state index in [1.165, 1.54) is 18.2 Å². The number of rotatable bonds is 2. The number of hydrogen-bond donors (Lipinski definition) is 1. The van der Waals surface area contributed by atoms with Gasteiger partial charge < -0.3 is 5.32 Å². The predicted molar refractivity (Wildman–Crippen MR) is 83.9 cm³/mol. The molecule has 0 spiro atoms. The van der Waals surface area contributed by atoms with E-state index in [4.69, 9.17) is 0 Å². The van der Waals surface area contributed by atoms with Crippen LogP contribution in [-0.4, -0.2) is 5.91 Å². The summed E-state index contributed by atoms with van der Waals surface area (Å²) in [5, 5.41) is 2.72. The van der Waals surface area contributed by atoms with Gasteiger partial charge in [0.25, 0.3) is 5.91 Å². The third-order valence-electron chi connectivity index (χ3n) is 2.35. The van der Waals surface area contributed by atoms with Crippen molar-refractivity contribution in [2.45, 2.75) is 0 Å². The van der Waals surface area contributed by atoms with Gasteiger partial charge in [0, 0.05) is 13.4 Å². The van der Waals surface area contributed by atoms with Gasteiger partial charge in [0.1, 0.15) is 5.82 Å². The molecule has 2 aromatic carbocycles. The number of nitrogens with one attached hydrogen (secondary N) is 1. The first kappa shape index (κ1) is 14.7. The van der Waals surface area contributed by atoms with Crippen LogP contribution in [0.15, 0.2) is 49.8 Å². The van der Waals surface area contributed by atoms with Crippen molar-refractivity contribution in [1.82, 2.24) is 0 Å². The molecular formula is C13H7Br3FNO. The van der Waals surface area contributed by atoms with Gasteiger partial charge in [-0.05, 0) is 68.3 Å². The quantitative estimate of drug-likeness (QED) is 0.653. The van der Waals surface area contributed by atoms with Gasteiger partial charge in [-0.1, -0.05) is 15.9 Å². The molecule has 19 heavy (non-hydrogen) atoms. The average molecular weight is 452 g/mol. The number of carbonyl (C=O) groups excluding carboxylic acids is 1. The number of carbonyl (C=O) groups is 1. The van der Waals surface area contributed by atoms with Crippen LogP contribution >= 0.6 is 47.8 Å². The van der Waals surface area contributed by atoms with Gasteiger partial charge >= 0.3 is 0 Å². The predicted octanol–water partition coefficient (Wildman–Crippen LogP) is 5.37. The van der Waals surface area contributed by atoms with Gasteiger partial charge in [0.05, 0.1) is 11.3 Å². The Balaban J connectivity index is 2.28. The lowest BCUT2D eigenvalue weighted by Crippen LogP contribution is -2.13. The van der Waals surface area contributed by atoms with E-state index in [0.29, 0.717) is 20.2 Å². The zero-order chi connectivity index (χ0) is 14.0. The summed E-state index contributed by atoms with van der Waals surface area (Å²) in [6, 6.07) is 9.40. The third-order valence-corrected chi connectivity index (χ3v) is 4.19. The van der Waals surface area contributed by atoms with Crippen LogP contribution in [0.5, 0.6) is 0 Å². The first-order chi connectivity index (χ1) is 8.97. The summed E-state index contributed by atoms with van der Waals surface area (Å²) >= 11 is 9.84. The molecule has 2 aromatic rings. The van der Waals surface area contributed by atoms with E-state index < -0.39 is 0 Å². The van der Waals surface area contributed by atoms with E-state index in [0.717, 1.165) is 4.47 Å². The molecule has 0 aromatic heterocycles. The Labute approximate surface area is 134 Å². The molecule has 0 radical (unpaired) electrons. The highest BCUT2D eigenvalue weighted by Crippen LogP contribution is 2.26. The Hall–Kier alpha value is -0.720. The minimum atomic E-state index is -0.367. The third kappa shape index (κ3) is 3.64. The van der Waals surface area contributed by atoms with Crippen molar-refractivity contribution in [1.29, 1.82) is 0 Å². The number of anilines is 1. The van der Waals surface area contributed by atoms with E-state index in [-0.39, 0.29) is 11.7 Å². The summed E-state index contributed by atoms with van der Waals surface area (Å²) in [6.45, 7) is 0. The maximum atomic E-state index is 13.0. The first-order valence-electron chi connectivity index (χ1n) is 5.19. The van der Waals surface area contributed by atoms with Crippen molar-refractivity contribution in [2.75, 3.05) is 5.32 Å². The van der Waals surface area contributed by atoms with Gasteiger partial charge in [-0.25, -0.2) is 4.39 Å². The van der Waals surface area contributed by atoms with Gasteiger partial charge in [-0.2, -0.15) is 0 Å². The topological polar surface area (TPSA) is 29.1 Å². The van der Waals surface area contributed by atoms with E-state index in [9.17, 15) is 9.18 Å². The van der Waals surface area contributed by atoms with Crippen LogP contribution in [0, 0.1) is 5.82 Å². The molecular weight excluding hydrogens is 445 g/mol. The lowest BCUT2D eigenvalue weighted by Gasteiger charge is -2.09. The minimum absolute atomic E-state index is 0.277. The Bertz CT molecular complexity index is 646. The molecule has 98 valence electrons. The summed E-state index contributed by atoms with van der Waals surface area (Å²) in [7, 11) is 0.